The average molecular weight is 525 g/mol. The number of nitrogens with one attached hydrogen (secondary N) is 4. The molecule has 0 aliphatic carbocycles. The molecule has 11 nitrogen and oxygen atoms in total. The minimum absolute atomic E-state index is 0.0709. The summed E-state index contributed by atoms with van der Waals surface area (Å²) in [5, 5.41) is 11.0. The van der Waals surface area contributed by atoms with Crippen molar-refractivity contribution in [3.8, 4) is 0 Å². The van der Waals surface area contributed by atoms with Crippen molar-refractivity contribution in [2.24, 2.45) is 17.8 Å². The summed E-state index contributed by atoms with van der Waals surface area (Å²) in [6, 6.07) is -2.43. The molecule has 4 amide bonds. The third kappa shape index (κ3) is 12.1. The summed E-state index contributed by atoms with van der Waals surface area (Å²) >= 11 is 0. The van der Waals surface area contributed by atoms with E-state index in [0.717, 1.165) is 0 Å². The zero-order valence-electron chi connectivity index (χ0n) is 23.1. The summed E-state index contributed by atoms with van der Waals surface area (Å²) in [5.74, 6) is -2.11. The Morgan fingerprint density at radius 1 is 1.03 bits per heavy atom. The van der Waals surface area contributed by atoms with Gasteiger partial charge in [0.15, 0.2) is 0 Å². The van der Waals surface area contributed by atoms with Gasteiger partial charge in [0.25, 0.3) is 0 Å². The van der Waals surface area contributed by atoms with Gasteiger partial charge in [0.05, 0.1) is 12.7 Å². The SMILES string of the molecule is CCOC(=O)C=C[C@H](C[C@@H]1CCNC1=O)NC(=O)[C@H](CC(C)C)NC(=O)[C@@H](NC(=O)OC(C)C)C(C)C. The van der Waals surface area contributed by atoms with Crippen molar-refractivity contribution in [1.82, 2.24) is 21.3 Å². The van der Waals surface area contributed by atoms with Crippen molar-refractivity contribution >= 4 is 29.8 Å². The highest BCUT2D eigenvalue weighted by molar-refractivity contribution is 5.92. The van der Waals surface area contributed by atoms with Crippen LogP contribution in [-0.4, -0.2) is 67.2 Å². The lowest BCUT2D eigenvalue weighted by Crippen LogP contribution is -2.56. The van der Waals surface area contributed by atoms with Crippen LogP contribution in [0.25, 0.3) is 0 Å². The zero-order chi connectivity index (χ0) is 28.1. The number of amides is 4. The first kappa shape index (κ1) is 31.9. The van der Waals surface area contributed by atoms with E-state index in [1.54, 1.807) is 34.6 Å². The van der Waals surface area contributed by atoms with Crippen LogP contribution in [0.5, 0.6) is 0 Å². The maximum atomic E-state index is 13.3. The Bertz CT molecular complexity index is 826. The lowest BCUT2D eigenvalue weighted by molar-refractivity contribution is -0.137. The highest BCUT2D eigenvalue weighted by Gasteiger charge is 2.32. The minimum atomic E-state index is -0.907. The van der Waals surface area contributed by atoms with Gasteiger partial charge in [-0.3, -0.25) is 14.4 Å². The summed E-state index contributed by atoms with van der Waals surface area (Å²) in [6.07, 6.45) is 2.94. The molecule has 0 aromatic heterocycles. The quantitative estimate of drug-likeness (QED) is 0.200. The Balaban J connectivity index is 3.03. The largest absolute Gasteiger partial charge is 0.463 e. The van der Waals surface area contributed by atoms with E-state index in [1.165, 1.54) is 12.2 Å². The van der Waals surface area contributed by atoms with Crippen molar-refractivity contribution in [3.63, 3.8) is 0 Å². The fourth-order valence-corrected chi connectivity index (χ4v) is 3.90. The summed E-state index contributed by atoms with van der Waals surface area (Å²) in [6.45, 7) is 13.3. The van der Waals surface area contributed by atoms with Gasteiger partial charge >= 0.3 is 12.1 Å². The van der Waals surface area contributed by atoms with Crippen molar-refractivity contribution < 1.29 is 33.4 Å². The molecule has 0 unspecified atom stereocenters. The van der Waals surface area contributed by atoms with E-state index in [2.05, 4.69) is 21.3 Å². The first-order chi connectivity index (χ1) is 17.3. The maximum Gasteiger partial charge on any atom is 0.408 e. The van der Waals surface area contributed by atoms with E-state index in [-0.39, 0.29) is 36.4 Å². The zero-order valence-corrected chi connectivity index (χ0v) is 23.1. The summed E-state index contributed by atoms with van der Waals surface area (Å²) in [5.41, 5.74) is 0. The van der Waals surface area contributed by atoms with Gasteiger partial charge in [0.2, 0.25) is 17.7 Å². The van der Waals surface area contributed by atoms with E-state index in [4.69, 9.17) is 9.47 Å². The first-order valence-corrected chi connectivity index (χ1v) is 13.0. The number of alkyl carbamates (subject to hydrolysis) is 1. The number of carbonyl (C=O) groups excluding carboxylic acids is 5. The molecule has 1 saturated heterocycles. The topological polar surface area (TPSA) is 152 Å². The summed E-state index contributed by atoms with van der Waals surface area (Å²) < 4.78 is 10.0. The molecule has 0 aromatic rings. The predicted octanol–water partition coefficient (Wildman–Crippen LogP) is 1.81. The van der Waals surface area contributed by atoms with Gasteiger partial charge in [-0.25, -0.2) is 9.59 Å². The number of hydrogen-bond acceptors (Lipinski definition) is 7. The van der Waals surface area contributed by atoms with E-state index >= 15 is 0 Å². The van der Waals surface area contributed by atoms with E-state index in [0.29, 0.717) is 25.8 Å². The summed E-state index contributed by atoms with van der Waals surface area (Å²) in [4.78, 5) is 62.5. The number of carbonyl (C=O) groups is 5. The average Bonchev–Trinajstić information content (AvgIpc) is 3.18. The second kappa shape index (κ2) is 15.9. The molecule has 1 fully saturated rings. The Morgan fingerprint density at radius 3 is 2.22 bits per heavy atom. The summed E-state index contributed by atoms with van der Waals surface area (Å²) in [7, 11) is 0. The Kier molecular flexibility index (Phi) is 13.7. The molecule has 1 rings (SSSR count). The first-order valence-electron chi connectivity index (χ1n) is 13.0. The molecule has 0 spiro atoms. The van der Waals surface area contributed by atoms with Crippen LogP contribution >= 0.6 is 0 Å². The smallest absolute Gasteiger partial charge is 0.408 e. The Labute approximate surface area is 219 Å². The Morgan fingerprint density at radius 2 is 1.70 bits per heavy atom. The van der Waals surface area contributed by atoms with Gasteiger partial charge in [-0.1, -0.05) is 33.8 Å². The molecule has 0 bridgehead atoms. The third-order valence-electron chi connectivity index (χ3n) is 5.69. The van der Waals surface area contributed by atoms with E-state index < -0.39 is 42.0 Å². The van der Waals surface area contributed by atoms with Crippen LogP contribution in [-0.2, 0) is 28.7 Å². The normalized spacial score (nSPS) is 17.9. The van der Waals surface area contributed by atoms with Crippen LogP contribution in [0.4, 0.5) is 4.79 Å². The fraction of sp³-hybridized carbons (Fsp3) is 0.731. The molecule has 1 aliphatic heterocycles. The van der Waals surface area contributed by atoms with Crippen molar-refractivity contribution in [2.75, 3.05) is 13.2 Å². The molecule has 1 heterocycles. The van der Waals surface area contributed by atoms with Crippen LogP contribution in [0.1, 0.15) is 67.7 Å². The molecule has 0 aromatic carbocycles. The van der Waals surface area contributed by atoms with Gasteiger partial charge in [0, 0.05) is 24.6 Å². The molecule has 1 aliphatic rings. The molecular formula is C26H44N4O7. The highest BCUT2D eigenvalue weighted by atomic mass is 16.6. The molecular weight excluding hydrogens is 480 g/mol. The van der Waals surface area contributed by atoms with Crippen LogP contribution in [0.3, 0.4) is 0 Å². The standard InChI is InChI=1S/C26H44N4O7/c1-8-36-21(31)10-9-19(14-18-11-12-27-23(18)32)28-24(33)20(13-15(2)3)29-25(34)22(16(4)5)30-26(35)37-17(6)7/h9-10,15-20,22H,8,11-14H2,1-7H3,(H,27,32)(H,28,33)(H,29,34)(H,30,35)/t18-,19+,20-,22-/m0/s1. The predicted molar refractivity (Wildman–Crippen MR) is 138 cm³/mol. The number of esters is 1. The van der Waals surface area contributed by atoms with Gasteiger partial charge < -0.3 is 30.7 Å². The fourth-order valence-electron chi connectivity index (χ4n) is 3.90. The monoisotopic (exact) mass is 524 g/mol. The molecule has 37 heavy (non-hydrogen) atoms. The molecule has 210 valence electrons. The lowest BCUT2D eigenvalue weighted by Gasteiger charge is -2.27. The van der Waals surface area contributed by atoms with Crippen molar-refractivity contribution in [3.05, 3.63) is 12.2 Å². The molecule has 0 radical (unpaired) electrons. The van der Waals surface area contributed by atoms with Crippen molar-refractivity contribution in [2.45, 2.75) is 92.0 Å². The van der Waals surface area contributed by atoms with Gasteiger partial charge in [0.1, 0.15) is 12.1 Å². The van der Waals surface area contributed by atoms with E-state index in [1.807, 2.05) is 13.8 Å². The number of ether oxygens (including phenoxy) is 2. The van der Waals surface area contributed by atoms with Gasteiger partial charge in [-0.15, -0.1) is 0 Å². The van der Waals surface area contributed by atoms with Crippen LogP contribution in [0, 0.1) is 17.8 Å². The second-order valence-corrected chi connectivity index (χ2v) is 10.2. The molecule has 4 atom stereocenters. The van der Waals surface area contributed by atoms with Crippen LogP contribution in [0.15, 0.2) is 12.2 Å². The van der Waals surface area contributed by atoms with Crippen molar-refractivity contribution in [1.29, 1.82) is 0 Å². The number of hydrogen-bond donors (Lipinski definition) is 4. The number of rotatable bonds is 14. The lowest BCUT2D eigenvalue weighted by atomic mass is 9.96. The van der Waals surface area contributed by atoms with Gasteiger partial charge in [-0.2, -0.15) is 0 Å². The van der Waals surface area contributed by atoms with Crippen LogP contribution < -0.4 is 21.3 Å². The molecule has 4 N–H and O–H groups in total. The van der Waals surface area contributed by atoms with E-state index in [9.17, 15) is 24.0 Å². The second-order valence-electron chi connectivity index (χ2n) is 10.2. The third-order valence-corrected chi connectivity index (χ3v) is 5.69. The molecule has 11 heteroatoms. The van der Waals surface area contributed by atoms with Gasteiger partial charge in [-0.05, 0) is 51.9 Å². The Hall–Kier alpha value is -3.11. The van der Waals surface area contributed by atoms with Crippen LogP contribution in [0.2, 0.25) is 0 Å². The minimum Gasteiger partial charge on any atom is -0.463 e. The molecule has 0 saturated carbocycles. The maximum absolute atomic E-state index is 13.3. The highest BCUT2D eigenvalue weighted by Crippen LogP contribution is 2.17.